The summed E-state index contributed by atoms with van der Waals surface area (Å²) in [5.74, 6) is 0.418. The summed E-state index contributed by atoms with van der Waals surface area (Å²) in [5.41, 5.74) is 1.92. The Kier molecular flexibility index (Phi) is 9.60. The second kappa shape index (κ2) is 12.6. The van der Waals surface area contributed by atoms with Gasteiger partial charge in [-0.15, -0.1) is 0 Å². The number of carbonyl (C=O) groups is 2. The van der Waals surface area contributed by atoms with Crippen molar-refractivity contribution in [3.05, 3.63) is 48.0 Å². The number of ether oxygens (including phenoxy) is 2. The molecule has 10 nitrogen and oxygen atoms in total. The van der Waals surface area contributed by atoms with Crippen LogP contribution >= 0.6 is 0 Å². The average Bonchev–Trinajstić information content (AvgIpc) is 2.84. The number of likely N-dealkylation sites (N-methyl/N-ethyl adjacent to an activating group) is 1. The molecule has 3 atom stereocenters. The van der Waals surface area contributed by atoms with Gasteiger partial charge in [0.05, 0.1) is 11.7 Å². The van der Waals surface area contributed by atoms with E-state index in [1.54, 1.807) is 37.3 Å². The number of fused-ring (bicyclic) bond motifs is 1. The molecule has 10 heteroatoms. The Morgan fingerprint density at radius 2 is 1.94 bits per heavy atom. The number of nitrogens with zero attached hydrogens (tertiary/aromatic N) is 4. The van der Waals surface area contributed by atoms with E-state index in [4.69, 9.17) is 9.47 Å². The molecule has 2 N–H and O–H groups in total. The minimum Gasteiger partial charge on any atom is -0.491 e. The maximum absolute atomic E-state index is 13.5. The summed E-state index contributed by atoms with van der Waals surface area (Å²) in [7, 11) is 3.43. The van der Waals surface area contributed by atoms with Crippen molar-refractivity contribution in [2.75, 3.05) is 39.2 Å². The van der Waals surface area contributed by atoms with E-state index in [9.17, 15) is 9.59 Å². The molecular weight excluding hydrogens is 460 g/mol. The number of methoxy groups -OCH3 is 1. The van der Waals surface area contributed by atoms with Gasteiger partial charge in [-0.25, -0.2) is 14.8 Å². The molecule has 0 bridgehead atoms. The van der Waals surface area contributed by atoms with Crippen LogP contribution < -0.4 is 15.4 Å². The largest absolute Gasteiger partial charge is 0.491 e. The molecule has 1 aliphatic heterocycles. The molecule has 0 radical (unpaired) electrons. The van der Waals surface area contributed by atoms with Crippen LogP contribution in [0.15, 0.2) is 36.9 Å². The number of benzene rings is 1. The fourth-order valence-electron chi connectivity index (χ4n) is 4.23. The molecular formula is C26H38N6O4. The summed E-state index contributed by atoms with van der Waals surface area (Å²) in [5, 5.41) is 5.58. The minimum atomic E-state index is -0.331. The van der Waals surface area contributed by atoms with Crippen molar-refractivity contribution in [1.82, 2.24) is 25.1 Å². The lowest BCUT2D eigenvalue weighted by molar-refractivity contribution is 0.00918. The summed E-state index contributed by atoms with van der Waals surface area (Å²) in [6.07, 6.45) is 5.00. The first-order valence-electron chi connectivity index (χ1n) is 12.3. The minimum absolute atomic E-state index is 0.00904. The molecule has 2 heterocycles. The molecule has 36 heavy (non-hydrogen) atoms. The van der Waals surface area contributed by atoms with Gasteiger partial charge in [0.25, 0.3) is 5.91 Å². The number of carbonyl (C=O) groups excluding carboxylic acids is 2. The normalized spacial score (nSPS) is 21.7. The van der Waals surface area contributed by atoms with Crippen LogP contribution in [0.5, 0.6) is 5.75 Å². The average molecular weight is 499 g/mol. The molecule has 0 saturated carbocycles. The summed E-state index contributed by atoms with van der Waals surface area (Å²) < 4.78 is 12.0. The van der Waals surface area contributed by atoms with Gasteiger partial charge in [0.1, 0.15) is 18.7 Å². The van der Waals surface area contributed by atoms with Crippen LogP contribution in [0.4, 0.5) is 10.5 Å². The lowest BCUT2D eigenvalue weighted by Crippen LogP contribution is -2.46. The quantitative estimate of drug-likeness (QED) is 0.652. The van der Waals surface area contributed by atoms with E-state index in [-0.39, 0.29) is 36.0 Å². The molecule has 1 aliphatic rings. The Labute approximate surface area is 213 Å². The summed E-state index contributed by atoms with van der Waals surface area (Å²) in [6.45, 7) is 10.2. The van der Waals surface area contributed by atoms with E-state index in [2.05, 4.69) is 39.3 Å². The van der Waals surface area contributed by atoms with E-state index < -0.39 is 0 Å². The first kappa shape index (κ1) is 27.3. The van der Waals surface area contributed by atoms with Gasteiger partial charge in [-0.2, -0.15) is 0 Å². The highest BCUT2D eigenvalue weighted by Gasteiger charge is 2.28. The van der Waals surface area contributed by atoms with Crippen LogP contribution in [0.1, 0.15) is 43.6 Å². The molecule has 0 spiro atoms. The number of amides is 3. The van der Waals surface area contributed by atoms with Crippen molar-refractivity contribution >= 4 is 17.6 Å². The van der Waals surface area contributed by atoms with Crippen LogP contribution in [-0.2, 0) is 11.3 Å². The molecule has 0 aliphatic carbocycles. The molecule has 1 aromatic heterocycles. The van der Waals surface area contributed by atoms with E-state index in [0.717, 1.165) is 12.1 Å². The van der Waals surface area contributed by atoms with Crippen LogP contribution in [0.25, 0.3) is 0 Å². The highest BCUT2D eigenvalue weighted by Crippen LogP contribution is 2.26. The Bertz CT molecular complexity index is 1020. The summed E-state index contributed by atoms with van der Waals surface area (Å²) in [6, 6.07) is 4.83. The maximum atomic E-state index is 13.5. The molecule has 196 valence electrons. The van der Waals surface area contributed by atoms with Crippen LogP contribution in [0, 0.1) is 5.92 Å². The Morgan fingerprint density at radius 1 is 1.22 bits per heavy atom. The SMILES string of the molecule is CO[C@@H]1CN(C)C(=O)c2cc(NC(=O)NC(C)C)ccc2OC[C@H](C)N(Cc2cncnc2)C[C@@H]1C. The van der Waals surface area contributed by atoms with Gasteiger partial charge in [-0.3, -0.25) is 9.69 Å². The number of hydrogen-bond donors (Lipinski definition) is 2. The number of nitrogens with one attached hydrogen (secondary N) is 2. The summed E-state index contributed by atoms with van der Waals surface area (Å²) in [4.78, 5) is 37.9. The lowest BCUT2D eigenvalue weighted by atomic mass is 10.0. The Morgan fingerprint density at radius 3 is 2.61 bits per heavy atom. The van der Waals surface area contributed by atoms with Crippen LogP contribution in [-0.4, -0.2) is 83.7 Å². The highest BCUT2D eigenvalue weighted by atomic mass is 16.5. The first-order chi connectivity index (χ1) is 17.2. The van der Waals surface area contributed by atoms with Crippen molar-refractivity contribution in [2.24, 2.45) is 5.92 Å². The molecule has 0 unspecified atom stereocenters. The maximum Gasteiger partial charge on any atom is 0.319 e. The number of anilines is 1. The molecule has 3 amide bonds. The predicted molar refractivity (Wildman–Crippen MR) is 138 cm³/mol. The molecule has 3 rings (SSSR count). The second-order valence-electron chi connectivity index (χ2n) is 9.74. The zero-order chi connectivity index (χ0) is 26.2. The molecule has 0 saturated heterocycles. The first-order valence-corrected chi connectivity index (χ1v) is 12.3. The van der Waals surface area contributed by atoms with Crippen molar-refractivity contribution in [2.45, 2.75) is 52.4 Å². The Balaban J connectivity index is 1.91. The van der Waals surface area contributed by atoms with Crippen LogP contribution in [0.2, 0.25) is 0 Å². The molecule has 2 aromatic rings. The zero-order valence-corrected chi connectivity index (χ0v) is 22.0. The monoisotopic (exact) mass is 498 g/mol. The van der Waals surface area contributed by atoms with Gasteiger partial charge in [-0.05, 0) is 44.9 Å². The van der Waals surface area contributed by atoms with Gasteiger partial charge < -0.3 is 25.0 Å². The van der Waals surface area contributed by atoms with Crippen molar-refractivity contribution in [1.29, 1.82) is 0 Å². The number of hydrogen-bond acceptors (Lipinski definition) is 7. The Hall–Kier alpha value is -3.24. The third kappa shape index (κ3) is 7.38. The van der Waals surface area contributed by atoms with Crippen LogP contribution in [0.3, 0.4) is 0 Å². The van der Waals surface area contributed by atoms with E-state index in [1.165, 1.54) is 6.33 Å². The summed E-state index contributed by atoms with van der Waals surface area (Å²) >= 11 is 0. The zero-order valence-electron chi connectivity index (χ0n) is 22.0. The standard InChI is InChI=1S/C26H38N6O4/c1-17(2)29-26(34)30-21-7-8-23-22(9-21)25(33)31(5)14-24(35-6)18(3)12-32(19(4)15-36-23)13-20-10-27-16-28-11-20/h7-11,16-19,24H,12-15H2,1-6H3,(H2,29,30,34)/t18-,19-,24+/m0/s1. The van der Waals surface area contributed by atoms with Gasteiger partial charge in [0.15, 0.2) is 0 Å². The fraction of sp³-hybridized carbons (Fsp3) is 0.538. The van der Waals surface area contributed by atoms with Crippen molar-refractivity contribution in [3.63, 3.8) is 0 Å². The molecule has 0 fully saturated rings. The van der Waals surface area contributed by atoms with E-state index in [0.29, 0.717) is 36.7 Å². The third-order valence-corrected chi connectivity index (χ3v) is 6.25. The van der Waals surface area contributed by atoms with Gasteiger partial charge in [0.2, 0.25) is 0 Å². The van der Waals surface area contributed by atoms with Crippen molar-refractivity contribution in [3.8, 4) is 5.75 Å². The van der Waals surface area contributed by atoms with Gasteiger partial charge >= 0.3 is 6.03 Å². The smallest absolute Gasteiger partial charge is 0.319 e. The van der Waals surface area contributed by atoms with E-state index in [1.807, 2.05) is 26.2 Å². The number of aromatic nitrogens is 2. The predicted octanol–water partition coefficient (Wildman–Crippen LogP) is 3.01. The fourth-order valence-corrected chi connectivity index (χ4v) is 4.23. The highest BCUT2D eigenvalue weighted by molar-refractivity contribution is 5.99. The van der Waals surface area contributed by atoms with Gasteiger partial charge in [0, 0.05) is 69.5 Å². The second-order valence-corrected chi connectivity index (χ2v) is 9.74. The third-order valence-electron chi connectivity index (χ3n) is 6.25. The molecule has 1 aromatic carbocycles. The number of urea groups is 1. The van der Waals surface area contributed by atoms with Gasteiger partial charge in [-0.1, -0.05) is 6.92 Å². The topological polar surface area (TPSA) is 109 Å². The number of rotatable bonds is 5. The van der Waals surface area contributed by atoms with Crippen molar-refractivity contribution < 1.29 is 19.1 Å². The lowest BCUT2D eigenvalue weighted by Gasteiger charge is -2.36. The van der Waals surface area contributed by atoms with E-state index >= 15 is 0 Å².